The summed E-state index contributed by atoms with van der Waals surface area (Å²) in [7, 11) is 0. The fourth-order valence-electron chi connectivity index (χ4n) is 3.10. The summed E-state index contributed by atoms with van der Waals surface area (Å²) >= 11 is 0. The van der Waals surface area contributed by atoms with Gasteiger partial charge in [0.2, 0.25) is 0 Å². The van der Waals surface area contributed by atoms with Crippen LogP contribution in [0.4, 0.5) is 0 Å². The molecule has 0 saturated heterocycles. The summed E-state index contributed by atoms with van der Waals surface area (Å²) in [6.45, 7) is 1.67. The second kappa shape index (κ2) is 9.82. The Morgan fingerprint density at radius 1 is 0.967 bits per heavy atom. The van der Waals surface area contributed by atoms with Gasteiger partial charge in [-0.25, -0.2) is 4.79 Å². The Balaban J connectivity index is 1.69. The van der Waals surface area contributed by atoms with Crippen LogP contribution < -0.4 is 10.1 Å². The van der Waals surface area contributed by atoms with Gasteiger partial charge in [-0.3, -0.25) is 10.1 Å². The average Bonchev–Trinajstić information content (AvgIpc) is 2.76. The van der Waals surface area contributed by atoms with Crippen LogP contribution in [0, 0.1) is 6.92 Å². The van der Waals surface area contributed by atoms with Gasteiger partial charge in [0.25, 0.3) is 0 Å². The standard InChI is InChI=1S/C24H23NO5/c1-16-20(18-6-3-2-4-7-18)8-5-9-21(16)24(29)30-19-12-10-17(11-13-19)14-25-22(15-26)23(27)28/h2-13,22,25-26H,14-15H2,1H3,(H,27,28)/t22-/m1/s1. The number of carboxylic acid groups (broad SMARTS) is 1. The molecule has 0 amide bonds. The summed E-state index contributed by atoms with van der Waals surface area (Å²) < 4.78 is 5.52. The van der Waals surface area contributed by atoms with Crippen LogP contribution in [0.1, 0.15) is 21.5 Å². The number of carboxylic acids is 1. The lowest BCUT2D eigenvalue weighted by molar-refractivity contribution is -0.140. The Labute approximate surface area is 174 Å². The summed E-state index contributed by atoms with van der Waals surface area (Å²) in [4.78, 5) is 23.6. The summed E-state index contributed by atoms with van der Waals surface area (Å²) in [5.74, 6) is -1.16. The van der Waals surface area contributed by atoms with Crippen LogP contribution in [0.2, 0.25) is 0 Å². The number of benzene rings is 3. The summed E-state index contributed by atoms with van der Waals surface area (Å²) in [6.07, 6.45) is 0. The van der Waals surface area contributed by atoms with Gasteiger partial charge >= 0.3 is 11.9 Å². The van der Waals surface area contributed by atoms with E-state index < -0.39 is 24.6 Å². The molecule has 0 fully saturated rings. The van der Waals surface area contributed by atoms with Gasteiger partial charge in [0, 0.05) is 6.54 Å². The van der Waals surface area contributed by atoms with Crippen LogP contribution in [-0.2, 0) is 11.3 Å². The molecule has 154 valence electrons. The van der Waals surface area contributed by atoms with Gasteiger partial charge in [-0.1, -0.05) is 54.6 Å². The van der Waals surface area contributed by atoms with Crippen LogP contribution in [-0.4, -0.2) is 34.8 Å². The van der Waals surface area contributed by atoms with Gasteiger partial charge < -0.3 is 14.9 Å². The molecule has 1 atom stereocenters. The summed E-state index contributed by atoms with van der Waals surface area (Å²) in [5.41, 5.74) is 4.15. The van der Waals surface area contributed by atoms with Crippen LogP contribution in [0.15, 0.2) is 72.8 Å². The van der Waals surface area contributed by atoms with Crippen molar-refractivity contribution in [1.29, 1.82) is 0 Å². The number of aliphatic hydroxyl groups excluding tert-OH is 1. The van der Waals surface area contributed by atoms with Crippen molar-refractivity contribution in [2.45, 2.75) is 19.5 Å². The van der Waals surface area contributed by atoms with Crippen molar-refractivity contribution in [3.63, 3.8) is 0 Å². The minimum atomic E-state index is -1.11. The number of nitrogens with one attached hydrogen (secondary N) is 1. The van der Waals surface area contributed by atoms with Gasteiger partial charge in [-0.2, -0.15) is 0 Å². The van der Waals surface area contributed by atoms with E-state index in [2.05, 4.69) is 5.32 Å². The zero-order valence-corrected chi connectivity index (χ0v) is 16.5. The van der Waals surface area contributed by atoms with E-state index in [-0.39, 0.29) is 6.54 Å². The number of aliphatic hydroxyl groups is 1. The molecule has 3 N–H and O–H groups in total. The maximum atomic E-state index is 12.7. The lowest BCUT2D eigenvalue weighted by Gasteiger charge is -2.13. The highest BCUT2D eigenvalue weighted by Crippen LogP contribution is 2.26. The second-order valence-electron chi connectivity index (χ2n) is 6.83. The van der Waals surface area contributed by atoms with E-state index in [9.17, 15) is 9.59 Å². The molecule has 3 rings (SSSR count). The summed E-state index contributed by atoms with van der Waals surface area (Å²) in [5, 5.41) is 20.7. The molecular formula is C24H23NO5. The molecule has 0 radical (unpaired) electrons. The quantitative estimate of drug-likeness (QED) is 0.393. The van der Waals surface area contributed by atoms with Crippen molar-refractivity contribution in [1.82, 2.24) is 5.32 Å². The molecule has 6 nitrogen and oxygen atoms in total. The van der Waals surface area contributed by atoms with Crippen molar-refractivity contribution in [2.75, 3.05) is 6.61 Å². The molecule has 0 aliphatic rings. The fourth-order valence-corrected chi connectivity index (χ4v) is 3.10. The Morgan fingerprint density at radius 3 is 2.30 bits per heavy atom. The number of carbonyl (C=O) groups is 2. The first kappa shape index (κ1) is 21.2. The minimum absolute atomic E-state index is 0.268. The number of hydrogen-bond acceptors (Lipinski definition) is 5. The Hall–Kier alpha value is -3.48. The molecule has 30 heavy (non-hydrogen) atoms. The second-order valence-corrected chi connectivity index (χ2v) is 6.83. The molecule has 3 aromatic rings. The van der Waals surface area contributed by atoms with E-state index in [1.807, 2.05) is 49.4 Å². The average molecular weight is 405 g/mol. The minimum Gasteiger partial charge on any atom is -0.480 e. The van der Waals surface area contributed by atoms with Crippen LogP contribution >= 0.6 is 0 Å². The predicted molar refractivity (Wildman–Crippen MR) is 113 cm³/mol. The first-order valence-electron chi connectivity index (χ1n) is 9.53. The number of esters is 1. The number of rotatable bonds is 8. The lowest BCUT2D eigenvalue weighted by Crippen LogP contribution is -2.39. The highest BCUT2D eigenvalue weighted by atomic mass is 16.5. The monoisotopic (exact) mass is 405 g/mol. The molecular weight excluding hydrogens is 382 g/mol. The van der Waals surface area contributed by atoms with Gasteiger partial charge in [-0.05, 0) is 47.4 Å². The maximum absolute atomic E-state index is 12.7. The normalized spacial score (nSPS) is 11.7. The van der Waals surface area contributed by atoms with Crippen molar-refractivity contribution >= 4 is 11.9 Å². The predicted octanol–water partition coefficient (Wildman–Crippen LogP) is 3.42. The van der Waals surface area contributed by atoms with Gasteiger partial charge in [-0.15, -0.1) is 0 Å². The maximum Gasteiger partial charge on any atom is 0.343 e. The highest BCUT2D eigenvalue weighted by Gasteiger charge is 2.16. The molecule has 0 spiro atoms. The van der Waals surface area contributed by atoms with E-state index in [1.165, 1.54) is 0 Å². The zero-order valence-electron chi connectivity index (χ0n) is 16.5. The molecule has 0 bridgehead atoms. The molecule has 0 aliphatic heterocycles. The van der Waals surface area contributed by atoms with E-state index in [0.717, 1.165) is 22.3 Å². The molecule has 0 aromatic heterocycles. The van der Waals surface area contributed by atoms with Gasteiger partial charge in [0.05, 0.1) is 12.2 Å². The van der Waals surface area contributed by atoms with Crippen molar-refractivity contribution in [3.8, 4) is 16.9 Å². The lowest BCUT2D eigenvalue weighted by atomic mass is 9.96. The van der Waals surface area contributed by atoms with E-state index in [4.69, 9.17) is 14.9 Å². The van der Waals surface area contributed by atoms with Crippen LogP contribution in [0.3, 0.4) is 0 Å². The third kappa shape index (κ3) is 5.11. The van der Waals surface area contributed by atoms with Crippen molar-refractivity contribution < 1.29 is 24.5 Å². The SMILES string of the molecule is Cc1c(C(=O)Oc2ccc(CN[C@H](CO)C(=O)O)cc2)cccc1-c1ccccc1. The number of ether oxygens (including phenoxy) is 1. The first-order valence-corrected chi connectivity index (χ1v) is 9.53. The van der Waals surface area contributed by atoms with Gasteiger partial charge in [0.15, 0.2) is 0 Å². The molecule has 3 aromatic carbocycles. The largest absolute Gasteiger partial charge is 0.480 e. The van der Waals surface area contributed by atoms with Crippen LogP contribution in [0.5, 0.6) is 5.75 Å². The van der Waals surface area contributed by atoms with Crippen LogP contribution in [0.25, 0.3) is 11.1 Å². The third-order valence-electron chi connectivity index (χ3n) is 4.81. The molecule has 0 saturated carbocycles. The van der Waals surface area contributed by atoms with Crippen molar-refractivity contribution in [2.24, 2.45) is 0 Å². The number of carbonyl (C=O) groups excluding carboxylic acids is 1. The zero-order chi connectivity index (χ0) is 21.5. The number of hydrogen-bond donors (Lipinski definition) is 3. The fraction of sp³-hybridized carbons (Fsp3) is 0.167. The Morgan fingerprint density at radius 2 is 1.67 bits per heavy atom. The van der Waals surface area contributed by atoms with Gasteiger partial charge in [0.1, 0.15) is 11.8 Å². The number of aliphatic carboxylic acids is 1. The third-order valence-corrected chi connectivity index (χ3v) is 4.81. The molecule has 0 heterocycles. The molecule has 0 aliphatic carbocycles. The smallest absolute Gasteiger partial charge is 0.343 e. The first-order chi connectivity index (χ1) is 14.5. The van der Waals surface area contributed by atoms with E-state index >= 15 is 0 Å². The summed E-state index contributed by atoms with van der Waals surface area (Å²) in [6, 6.07) is 21.1. The Bertz CT molecular complexity index is 1020. The molecule has 0 unspecified atom stereocenters. The topological polar surface area (TPSA) is 95.9 Å². The van der Waals surface area contributed by atoms with E-state index in [0.29, 0.717) is 11.3 Å². The Kier molecular flexibility index (Phi) is 6.95. The van der Waals surface area contributed by atoms with Crippen molar-refractivity contribution in [3.05, 3.63) is 89.5 Å². The van der Waals surface area contributed by atoms with E-state index in [1.54, 1.807) is 30.3 Å². The molecule has 6 heteroatoms. The highest BCUT2D eigenvalue weighted by molar-refractivity contribution is 5.94.